The van der Waals surface area contributed by atoms with Gasteiger partial charge in [0.1, 0.15) is 0 Å². The van der Waals surface area contributed by atoms with Crippen molar-refractivity contribution in [3.05, 3.63) is 35.3 Å². The van der Waals surface area contributed by atoms with E-state index in [9.17, 15) is 4.79 Å². The summed E-state index contributed by atoms with van der Waals surface area (Å²) in [6.45, 7) is 5.38. The summed E-state index contributed by atoms with van der Waals surface area (Å²) in [5, 5.41) is 1.01. The number of hydrogen-bond acceptors (Lipinski definition) is 3. The fraction of sp³-hybridized carbons (Fsp3) is 0.250. The second-order valence-corrected chi connectivity index (χ2v) is 3.71. The van der Waals surface area contributed by atoms with Gasteiger partial charge in [-0.3, -0.25) is 4.79 Å². The molecule has 0 aliphatic carbocycles. The topological polar surface area (TPSA) is 42.9 Å². The van der Waals surface area contributed by atoms with Crippen LogP contribution >= 0.6 is 0 Å². The summed E-state index contributed by atoms with van der Waals surface area (Å²) in [4.78, 5) is 19.6. The van der Waals surface area contributed by atoms with Crippen molar-refractivity contribution in [2.45, 2.75) is 20.8 Å². The van der Waals surface area contributed by atoms with E-state index in [0.717, 1.165) is 22.2 Å². The van der Waals surface area contributed by atoms with Crippen molar-refractivity contribution in [1.29, 1.82) is 0 Å². The second-order valence-electron chi connectivity index (χ2n) is 3.71. The Morgan fingerprint density at radius 2 is 1.93 bits per heavy atom. The smallest absolute Gasteiger partial charge is 0.196 e. The molecule has 0 fully saturated rings. The molecule has 1 aromatic carbocycles. The molecular formula is C12H12N2O. The van der Waals surface area contributed by atoms with Gasteiger partial charge in [-0.25, -0.2) is 9.97 Å². The minimum absolute atomic E-state index is 0.0958. The third kappa shape index (κ3) is 1.73. The monoisotopic (exact) mass is 200 g/mol. The zero-order valence-electron chi connectivity index (χ0n) is 9.03. The summed E-state index contributed by atoms with van der Waals surface area (Å²) >= 11 is 0. The largest absolute Gasteiger partial charge is 0.291 e. The highest BCUT2D eigenvalue weighted by atomic mass is 16.1. The van der Waals surface area contributed by atoms with E-state index in [2.05, 4.69) is 9.97 Å². The Bertz CT molecular complexity index is 547. The van der Waals surface area contributed by atoms with Crippen LogP contribution in [0.1, 0.15) is 28.8 Å². The highest BCUT2D eigenvalue weighted by molar-refractivity contribution is 5.93. The molecule has 0 aliphatic heterocycles. The molecule has 2 aromatic rings. The molecule has 1 heterocycles. The van der Waals surface area contributed by atoms with Crippen LogP contribution in [0.2, 0.25) is 0 Å². The molecule has 0 saturated carbocycles. The Kier molecular flexibility index (Phi) is 2.23. The van der Waals surface area contributed by atoms with E-state index in [1.54, 1.807) is 0 Å². The molecule has 0 atom stereocenters. The third-order valence-electron chi connectivity index (χ3n) is 2.36. The maximum atomic E-state index is 11.2. The van der Waals surface area contributed by atoms with E-state index in [-0.39, 0.29) is 5.78 Å². The average molecular weight is 200 g/mol. The van der Waals surface area contributed by atoms with Crippen LogP contribution in [0.25, 0.3) is 10.9 Å². The Balaban J connectivity index is 2.79. The molecule has 15 heavy (non-hydrogen) atoms. The number of nitrogens with zero attached hydrogens (tertiary/aromatic N) is 2. The van der Waals surface area contributed by atoms with Gasteiger partial charge in [0.2, 0.25) is 0 Å². The highest BCUT2D eigenvalue weighted by Gasteiger charge is 2.07. The van der Waals surface area contributed by atoms with Gasteiger partial charge in [0.05, 0.1) is 5.52 Å². The molecule has 0 saturated heterocycles. The van der Waals surface area contributed by atoms with Gasteiger partial charge >= 0.3 is 0 Å². The van der Waals surface area contributed by atoms with E-state index >= 15 is 0 Å². The van der Waals surface area contributed by atoms with E-state index in [4.69, 9.17) is 0 Å². The van der Waals surface area contributed by atoms with Gasteiger partial charge in [-0.2, -0.15) is 0 Å². The lowest BCUT2D eigenvalue weighted by molar-refractivity contribution is 0.100. The number of aryl methyl sites for hydroxylation is 2. The van der Waals surface area contributed by atoms with Gasteiger partial charge in [-0.15, -0.1) is 0 Å². The molecule has 0 bridgehead atoms. The molecule has 1 aromatic heterocycles. The van der Waals surface area contributed by atoms with Crippen LogP contribution in [-0.2, 0) is 0 Å². The standard InChI is InChI=1S/C12H12N2O/c1-7-4-5-10-8(2)13-12(9(3)15)14-11(10)6-7/h4-6H,1-3H3. The van der Waals surface area contributed by atoms with Gasteiger partial charge in [-0.1, -0.05) is 12.1 Å². The lowest BCUT2D eigenvalue weighted by atomic mass is 10.1. The summed E-state index contributed by atoms with van der Waals surface area (Å²) in [6.07, 6.45) is 0. The number of Topliss-reactive ketones (excluding diaryl/α,β-unsaturated/α-hetero) is 1. The SMILES string of the molecule is CC(=O)c1nc(C)c2ccc(C)cc2n1. The lowest BCUT2D eigenvalue weighted by Crippen LogP contribution is -2.03. The maximum absolute atomic E-state index is 11.2. The van der Waals surface area contributed by atoms with Crippen molar-refractivity contribution >= 4 is 16.7 Å². The van der Waals surface area contributed by atoms with Crippen LogP contribution < -0.4 is 0 Å². The molecule has 3 nitrogen and oxygen atoms in total. The van der Waals surface area contributed by atoms with Crippen molar-refractivity contribution in [3.8, 4) is 0 Å². The van der Waals surface area contributed by atoms with E-state index < -0.39 is 0 Å². The number of aromatic nitrogens is 2. The number of benzene rings is 1. The van der Waals surface area contributed by atoms with E-state index in [1.807, 2.05) is 32.0 Å². The van der Waals surface area contributed by atoms with Crippen LogP contribution in [0.4, 0.5) is 0 Å². The van der Waals surface area contributed by atoms with Crippen LogP contribution in [-0.4, -0.2) is 15.8 Å². The molecule has 0 aliphatic rings. The van der Waals surface area contributed by atoms with Crippen molar-refractivity contribution in [2.75, 3.05) is 0 Å². The first-order valence-corrected chi connectivity index (χ1v) is 4.84. The number of carbonyl (C=O) groups excluding carboxylic acids is 1. The van der Waals surface area contributed by atoms with Crippen molar-refractivity contribution in [2.24, 2.45) is 0 Å². The number of fused-ring (bicyclic) bond motifs is 1. The molecule has 0 unspecified atom stereocenters. The van der Waals surface area contributed by atoms with Crippen molar-refractivity contribution in [3.63, 3.8) is 0 Å². The van der Waals surface area contributed by atoms with Gasteiger partial charge in [0.15, 0.2) is 11.6 Å². The Hall–Kier alpha value is -1.77. The average Bonchev–Trinajstić information content (AvgIpc) is 2.16. The molecule has 3 heteroatoms. The first kappa shape index (κ1) is 9.77. The lowest BCUT2D eigenvalue weighted by Gasteiger charge is -2.03. The Morgan fingerprint density at radius 1 is 1.20 bits per heavy atom. The van der Waals surface area contributed by atoms with Crippen molar-refractivity contribution < 1.29 is 4.79 Å². The molecular weight excluding hydrogens is 188 g/mol. The summed E-state index contributed by atoms with van der Waals surface area (Å²) < 4.78 is 0. The third-order valence-corrected chi connectivity index (χ3v) is 2.36. The molecule has 2 rings (SSSR count). The Morgan fingerprint density at radius 3 is 2.60 bits per heavy atom. The predicted octanol–water partition coefficient (Wildman–Crippen LogP) is 2.45. The summed E-state index contributed by atoms with van der Waals surface area (Å²) in [6, 6.07) is 5.98. The summed E-state index contributed by atoms with van der Waals surface area (Å²) in [5.41, 5.74) is 2.83. The van der Waals surface area contributed by atoms with Crippen LogP contribution in [0, 0.1) is 13.8 Å². The second kappa shape index (κ2) is 3.42. The molecule has 76 valence electrons. The van der Waals surface area contributed by atoms with E-state index in [1.165, 1.54) is 6.92 Å². The summed E-state index contributed by atoms with van der Waals surface area (Å²) in [5.74, 6) is 0.201. The van der Waals surface area contributed by atoms with E-state index in [0.29, 0.717) is 5.82 Å². The van der Waals surface area contributed by atoms with Gasteiger partial charge in [0, 0.05) is 18.0 Å². The number of hydrogen-bond donors (Lipinski definition) is 0. The number of carbonyl (C=O) groups is 1. The predicted molar refractivity (Wildman–Crippen MR) is 59.0 cm³/mol. The van der Waals surface area contributed by atoms with Crippen LogP contribution in [0.15, 0.2) is 18.2 Å². The van der Waals surface area contributed by atoms with Gasteiger partial charge < -0.3 is 0 Å². The molecule has 0 amide bonds. The highest BCUT2D eigenvalue weighted by Crippen LogP contribution is 2.16. The van der Waals surface area contributed by atoms with Gasteiger partial charge in [0.25, 0.3) is 0 Å². The first-order chi connectivity index (χ1) is 7.08. The molecule has 0 N–H and O–H groups in total. The fourth-order valence-corrected chi connectivity index (χ4v) is 1.56. The van der Waals surface area contributed by atoms with Crippen LogP contribution in [0.5, 0.6) is 0 Å². The minimum atomic E-state index is -0.0958. The number of ketones is 1. The minimum Gasteiger partial charge on any atom is -0.291 e. The fourth-order valence-electron chi connectivity index (χ4n) is 1.56. The first-order valence-electron chi connectivity index (χ1n) is 4.84. The molecule has 0 radical (unpaired) electrons. The maximum Gasteiger partial charge on any atom is 0.196 e. The zero-order chi connectivity index (χ0) is 11.0. The zero-order valence-corrected chi connectivity index (χ0v) is 9.03. The summed E-state index contributed by atoms with van der Waals surface area (Å²) in [7, 11) is 0. The van der Waals surface area contributed by atoms with Crippen molar-refractivity contribution in [1.82, 2.24) is 9.97 Å². The van der Waals surface area contributed by atoms with Crippen LogP contribution in [0.3, 0.4) is 0 Å². The Labute approximate surface area is 88.2 Å². The molecule has 0 spiro atoms. The van der Waals surface area contributed by atoms with Gasteiger partial charge in [-0.05, 0) is 25.5 Å². The quantitative estimate of drug-likeness (QED) is 0.664. The number of rotatable bonds is 1. The normalized spacial score (nSPS) is 10.6.